The van der Waals surface area contributed by atoms with Crippen LogP contribution in [0.2, 0.25) is 0 Å². The molecule has 0 saturated heterocycles. The van der Waals surface area contributed by atoms with E-state index in [1.54, 1.807) is 0 Å². The molecule has 0 aliphatic heterocycles. The van der Waals surface area contributed by atoms with Crippen molar-refractivity contribution in [1.82, 2.24) is 0 Å². The molecule has 3 rings (SSSR count). The van der Waals surface area contributed by atoms with Crippen molar-refractivity contribution in [3.63, 3.8) is 0 Å². The van der Waals surface area contributed by atoms with Gasteiger partial charge in [0.25, 0.3) is 0 Å². The second-order valence-corrected chi connectivity index (χ2v) is 4.76. The summed E-state index contributed by atoms with van der Waals surface area (Å²) < 4.78 is 0. The molecule has 0 fully saturated rings. The van der Waals surface area contributed by atoms with Crippen molar-refractivity contribution in [1.29, 1.82) is 0 Å². The Morgan fingerprint density at radius 1 is 0.500 bits per heavy atom. The quantitative estimate of drug-likeness (QED) is 0.679. The van der Waals surface area contributed by atoms with E-state index >= 15 is 0 Å². The molecule has 0 aliphatic carbocycles. The van der Waals surface area contributed by atoms with E-state index in [-0.39, 0.29) is 0 Å². The largest absolute Gasteiger partial charge is 0.398 e. The van der Waals surface area contributed by atoms with Crippen LogP contribution in [0.4, 0.5) is 11.4 Å². The summed E-state index contributed by atoms with van der Waals surface area (Å²) in [7, 11) is 0. The van der Waals surface area contributed by atoms with Gasteiger partial charge in [0.1, 0.15) is 0 Å². The van der Waals surface area contributed by atoms with E-state index in [0.717, 1.165) is 33.6 Å². The van der Waals surface area contributed by atoms with Crippen LogP contribution in [0.5, 0.6) is 0 Å². The number of para-hydroxylation sites is 2. The van der Waals surface area contributed by atoms with Gasteiger partial charge in [-0.2, -0.15) is 0 Å². The van der Waals surface area contributed by atoms with Crippen LogP contribution in [0.25, 0.3) is 22.3 Å². The van der Waals surface area contributed by atoms with Crippen LogP contribution in [0, 0.1) is 0 Å². The minimum Gasteiger partial charge on any atom is -0.398 e. The third kappa shape index (κ3) is 2.24. The standard InChI is InChI=1S/C18H16N2/c19-17-10-3-1-8-15(17)13-6-5-7-14(12-13)16-9-2-4-11-18(16)20/h1-12H,19-20H2. The fraction of sp³-hybridized carbons (Fsp3) is 0. The first-order chi connectivity index (χ1) is 9.75. The van der Waals surface area contributed by atoms with Crippen LogP contribution in [0.15, 0.2) is 72.8 Å². The molecule has 0 radical (unpaired) electrons. The maximum Gasteiger partial charge on any atom is 0.0393 e. The smallest absolute Gasteiger partial charge is 0.0393 e. The van der Waals surface area contributed by atoms with Gasteiger partial charge in [-0.3, -0.25) is 0 Å². The van der Waals surface area contributed by atoms with Crippen molar-refractivity contribution in [3.8, 4) is 22.3 Å². The molecule has 0 amide bonds. The van der Waals surface area contributed by atoms with Crippen LogP contribution in [0.3, 0.4) is 0 Å². The molecule has 4 N–H and O–H groups in total. The molecule has 2 nitrogen and oxygen atoms in total. The highest BCUT2D eigenvalue weighted by molar-refractivity contribution is 5.83. The number of rotatable bonds is 2. The predicted molar refractivity (Wildman–Crippen MR) is 86.1 cm³/mol. The number of hydrogen-bond donors (Lipinski definition) is 2. The summed E-state index contributed by atoms with van der Waals surface area (Å²) >= 11 is 0. The van der Waals surface area contributed by atoms with E-state index in [9.17, 15) is 0 Å². The van der Waals surface area contributed by atoms with E-state index in [0.29, 0.717) is 0 Å². The molecule has 0 heterocycles. The maximum atomic E-state index is 6.05. The second kappa shape index (κ2) is 5.10. The Balaban J connectivity index is 2.12. The molecule has 0 unspecified atom stereocenters. The van der Waals surface area contributed by atoms with Gasteiger partial charge in [0.15, 0.2) is 0 Å². The molecule has 0 bridgehead atoms. The molecule has 0 aromatic heterocycles. The first-order valence-corrected chi connectivity index (χ1v) is 6.55. The number of anilines is 2. The van der Waals surface area contributed by atoms with Gasteiger partial charge in [0.2, 0.25) is 0 Å². The number of nitrogen functional groups attached to an aromatic ring is 2. The maximum absolute atomic E-state index is 6.05. The van der Waals surface area contributed by atoms with Crippen LogP contribution >= 0.6 is 0 Å². The minimum atomic E-state index is 0.783. The van der Waals surface area contributed by atoms with Gasteiger partial charge in [-0.05, 0) is 29.3 Å². The molecule has 0 saturated carbocycles. The SMILES string of the molecule is Nc1ccccc1-c1cccc(-c2ccccc2N)c1. The van der Waals surface area contributed by atoms with Gasteiger partial charge in [0.05, 0.1) is 0 Å². The summed E-state index contributed by atoms with van der Waals surface area (Å²) in [6, 6.07) is 24.0. The number of nitrogens with two attached hydrogens (primary N) is 2. The van der Waals surface area contributed by atoms with E-state index in [4.69, 9.17) is 11.5 Å². The fourth-order valence-corrected chi connectivity index (χ4v) is 2.37. The van der Waals surface area contributed by atoms with Crippen LogP contribution in [0.1, 0.15) is 0 Å². The highest BCUT2D eigenvalue weighted by Crippen LogP contribution is 2.31. The topological polar surface area (TPSA) is 52.0 Å². The zero-order valence-corrected chi connectivity index (χ0v) is 11.1. The highest BCUT2D eigenvalue weighted by atomic mass is 14.6. The lowest BCUT2D eigenvalue weighted by Crippen LogP contribution is -1.91. The Morgan fingerprint density at radius 3 is 1.40 bits per heavy atom. The Labute approximate surface area is 118 Å². The monoisotopic (exact) mass is 260 g/mol. The Kier molecular flexibility index (Phi) is 3.13. The molecular weight excluding hydrogens is 244 g/mol. The molecule has 20 heavy (non-hydrogen) atoms. The van der Waals surface area contributed by atoms with E-state index in [2.05, 4.69) is 18.2 Å². The van der Waals surface area contributed by atoms with Gasteiger partial charge in [-0.15, -0.1) is 0 Å². The van der Waals surface area contributed by atoms with E-state index < -0.39 is 0 Å². The molecular formula is C18H16N2. The summed E-state index contributed by atoms with van der Waals surface area (Å²) in [5, 5.41) is 0. The number of benzene rings is 3. The van der Waals surface area contributed by atoms with Crippen molar-refractivity contribution < 1.29 is 0 Å². The molecule has 3 aromatic carbocycles. The lowest BCUT2D eigenvalue weighted by atomic mass is 9.97. The normalized spacial score (nSPS) is 10.4. The molecule has 98 valence electrons. The summed E-state index contributed by atoms with van der Waals surface area (Å²) in [5.74, 6) is 0. The second-order valence-electron chi connectivity index (χ2n) is 4.76. The van der Waals surface area contributed by atoms with Crippen molar-refractivity contribution in [3.05, 3.63) is 72.8 Å². The van der Waals surface area contributed by atoms with Gasteiger partial charge < -0.3 is 11.5 Å². The summed E-state index contributed by atoms with van der Waals surface area (Å²) in [4.78, 5) is 0. The van der Waals surface area contributed by atoms with E-state index in [1.165, 1.54) is 0 Å². The van der Waals surface area contributed by atoms with Gasteiger partial charge >= 0.3 is 0 Å². The lowest BCUT2D eigenvalue weighted by Gasteiger charge is -2.09. The van der Waals surface area contributed by atoms with Crippen molar-refractivity contribution in [2.24, 2.45) is 0 Å². The fourth-order valence-electron chi connectivity index (χ4n) is 2.37. The summed E-state index contributed by atoms with van der Waals surface area (Å²) in [6.45, 7) is 0. The summed E-state index contributed by atoms with van der Waals surface area (Å²) in [6.07, 6.45) is 0. The van der Waals surface area contributed by atoms with Gasteiger partial charge in [0, 0.05) is 22.5 Å². The first-order valence-electron chi connectivity index (χ1n) is 6.55. The Bertz CT molecular complexity index is 687. The van der Waals surface area contributed by atoms with E-state index in [1.807, 2.05) is 54.6 Å². The first kappa shape index (κ1) is 12.3. The van der Waals surface area contributed by atoms with Crippen molar-refractivity contribution in [2.75, 3.05) is 11.5 Å². The third-order valence-corrected chi connectivity index (χ3v) is 3.41. The van der Waals surface area contributed by atoms with Crippen LogP contribution in [-0.4, -0.2) is 0 Å². The molecule has 0 atom stereocenters. The molecule has 3 aromatic rings. The minimum absolute atomic E-state index is 0.783. The van der Waals surface area contributed by atoms with Crippen molar-refractivity contribution >= 4 is 11.4 Å². The average Bonchev–Trinajstić information content (AvgIpc) is 2.48. The van der Waals surface area contributed by atoms with Crippen molar-refractivity contribution in [2.45, 2.75) is 0 Å². The van der Waals surface area contributed by atoms with Crippen LogP contribution in [-0.2, 0) is 0 Å². The molecule has 0 aliphatic rings. The van der Waals surface area contributed by atoms with Gasteiger partial charge in [-0.25, -0.2) is 0 Å². The zero-order chi connectivity index (χ0) is 13.9. The third-order valence-electron chi connectivity index (χ3n) is 3.41. The summed E-state index contributed by atoms with van der Waals surface area (Å²) in [5.41, 5.74) is 18.0. The molecule has 2 heteroatoms. The molecule has 0 spiro atoms. The Morgan fingerprint density at radius 2 is 0.950 bits per heavy atom. The predicted octanol–water partition coefficient (Wildman–Crippen LogP) is 4.19. The lowest BCUT2D eigenvalue weighted by molar-refractivity contribution is 1.58. The Hall–Kier alpha value is -2.74. The zero-order valence-electron chi connectivity index (χ0n) is 11.1. The average molecular weight is 260 g/mol. The highest BCUT2D eigenvalue weighted by Gasteiger charge is 2.05. The van der Waals surface area contributed by atoms with Gasteiger partial charge in [-0.1, -0.05) is 54.6 Å². The van der Waals surface area contributed by atoms with Crippen LogP contribution < -0.4 is 11.5 Å². The number of hydrogen-bond acceptors (Lipinski definition) is 2.